The first kappa shape index (κ1) is 19.2. The van der Waals surface area contributed by atoms with E-state index in [2.05, 4.69) is 5.10 Å². The number of phenols is 1. The molecule has 0 atom stereocenters. The predicted octanol–water partition coefficient (Wildman–Crippen LogP) is 3.50. The number of nitrogens with zero attached hydrogens (tertiary/aromatic N) is 2. The van der Waals surface area contributed by atoms with Crippen molar-refractivity contribution in [1.82, 2.24) is 9.78 Å². The van der Waals surface area contributed by atoms with Gasteiger partial charge in [-0.2, -0.15) is 5.10 Å². The summed E-state index contributed by atoms with van der Waals surface area (Å²) >= 11 is 0. The summed E-state index contributed by atoms with van der Waals surface area (Å²) in [6.45, 7) is 0.543. The lowest BCUT2D eigenvalue weighted by Gasteiger charge is -2.06. The van der Waals surface area contributed by atoms with E-state index >= 15 is 0 Å². The molecule has 0 aliphatic rings. The van der Waals surface area contributed by atoms with Gasteiger partial charge in [0.05, 0.1) is 12.7 Å². The van der Waals surface area contributed by atoms with Crippen LogP contribution in [0.3, 0.4) is 0 Å². The second-order valence-electron chi connectivity index (χ2n) is 6.67. The number of fused-ring (bicyclic) bond motifs is 1. The molecular weight excluding hydrogens is 384 g/mol. The minimum atomic E-state index is -0.583. The summed E-state index contributed by atoms with van der Waals surface area (Å²) in [5.74, 6) is -0.568. The molecule has 7 heteroatoms. The monoisotopic (exact) mass is 402 g/mol. The van der Waals surface area contributed by atoms with E-state index in [-0.39, 0.29) is 17.9 Å². The van der Waals surface area contributed by atoms with Gasteiger partial charge >= 0.3 is 11.6 Å². The van der Waals surface area contributed by atoms with Gasteiger partial charge in [-0.05, 0) is 23.8 Å². The fourth-order valence-corrected chi connectivity index (χ4v) is 3.02. The van der Waals surface area contributed by atoms with Crippen LogP contribution < -0.4 is 5.63 Å². The first-order chi connectivity index (χ1) is 14.6. The zero-order valence-corrected chi connectivity index (χ0v) is 15.9. The summed E-state index contributed by atoms with van der Waals surface area (Å²) in [5, 5.41) is 14.4. The smallest absolute Gasteiger partial charge is 0.336 e. The van der Waals surface area contributed by atoms with Crippen molar-refractivity contribution in [3.63, 3.8) is 0 Å². The molecule has 0 unspecified atom stereocenters. The van der Waals surface area contributed by atoms with Gasteiger partial charge in [-0.1, -0.05) is 30.3 Å². The van der Waals surface area contributed by atoms with Crippen LogP contribution in [-0.2, 0) is 22.7 Å². The maximum absolute atomic E-state index is 12.1. The summed E-state index contributed by atoms with van der Waals surface area (Å²) in [6, 6.07) is 15.6. The molecule has 30 heavy (non-hydrogen) atoms. The summed E-state index contributed by atoms with van der Waals surface area (Å²) in [7, 11) is 0. The number of esters is 1. The summed E-state index contributed by atoms with van der Waals surface area (Å²) in [6.07, 6.45) is 6.42. The molecule has 2 aromatic carbocycles. The van der Waals surface area contributed by atoms with E-state index in [0.29, 0.717) is 17.5 Å². The SMILES string of the molecule is O=C(/C=C/c1cnn(Cc2ccccc2)c1)OCc1cc(=O)oc2cc(O)ccc12. The molecule has 0 aliphatic heterocycles. The van der Waals surface area contributed by atoms with Crippen molar-refractivity contribution >= 4 is 23.0 Å². The van der Waals surface area contributed by atoms with E-state index in [4.69, 9.17) is 9.15 Å². The molecule has 1 N–H and O–H groups in total. The van der Waals surface area contributed by atoms with E-state index in [1.54, 1.807) is 23.0 Å². The average molecular weight is 402 g/mol. The third-order valence-electron chi connectivity index (χ3n) is 4.44. The van der Waals surface area contributed by atoms with Gasteiger partial charge in [0.15, 0.2) is 0 Å². The molecule has 0 fully saturated rings. The zero-order valence-electron chi connectivity index (χ0n) is 15.9. The number of phenolic OH excluding ortho intramolecular Hbond substituents is 1. The van der Waals surface area contributed by atoms with Crippen LogP contribution in [0, 0.1) is 0 Å². The Labute approximate surface area is 171 Å². The van der Waals surface area contributed by atoms with Crippen LogP contribution in [0.4, 0.5) is 0 Å². The van der Waals surface area contributed by atoms with Crippen LogP contribution in [0.5, 0.6) is 5.75 Å². The number of benzene rings is 2. The Morgan fingerprint density at radius 2 is 2.00 bits per heavy atom. The Balaban J connectivity index is 1.39. The van der Waals surface area contributed by atoms with Crippen LogP contribution in [0.25, 0.3) is 17.0 Å². The molecule has 0 amide bonds. The molecule has 150 valence electrons. The van der Waals surface area contributed by atoms with E-state index in [1.807, 2.05) is 36.5 Å². The van der Waals surface area contributed by atoms with Gasteiger partial charge in [0.25, 0.3) is 0 Å². The molecule has 0 bridgehead atoms. The molecule has 2 aromatic heterocycles. The quantitative estimate of drug-likeness (QED) is 0.301. The predicted molar refractivity (Wildman–Crippen MR) is 111 cm³/mol. The third-order valence-corrected chi connectivity index (χ3v) is 4.44. The average Bonchev–Trinajstić information content (AvgIpc) is 3.18. The van der Waals surface area contributed by atoms with Gasteiger partial charge in [-0.3, -0.25) is 4.68 Å². The van der Waals surface area contributed by atoms with Crippen molar-refractivity contribution in [2.45, 2.75) is 13.2 Å². The topological polar surface area (TPSA) is 94.6 Å². The maximum Gasteiger partial charge on any atom is 0.336 e. The molecule has 2 heterocycles. The fraction of sp³-hybridized carbons (Fsp3) is 0.0870. The number of hydrogen-bond acceptors (Lipinski definition) is 6. The van der Waals surface area contributed by atoms with Crippen molar-refractivity contribution < 1.29 is 19.1 Å². The van der Waals surface area contributed by atoms with Crippen molar-refractivity contribution in [1.29, 1.82) is 0 Å². The second kappa shape index (κ2) is 8.48. The normalized spacial score (nSPS) is 11.2. The number of aromatic hydroxyl groups is 1. The highest BCUT2D eigenvalue weighted by atomic mass is 16.5. The highest BCUT2D eigenvalue weighted by molar-refractivity contribution is 5.87. The minimum absolute atomic E-state index is 0.0180. The standard InChI is InChI=1S/C23H18N2O5/c26-19-7-8-20-18(10-23(28)30-21(20)11-19)15-29-22(27)9-6-17-12-24-25(14-17)13-16-4-2-1-3-5-16/h1-12,14,26H,13,15H2/b9-6+. The third kappa shape index (κ3) is 4.64. The molecule has 7 nitrogen and oxygen atoms in total. The number of rotatable bonds is 6. The van der Waals surface area contributed by atoms with Crippen molar-refractivity contribution in [2.24, 2.45) is 0 Å². The Bertz CT molecular complexity index is 1270. The lowest BCUT2D eigenvalue weighted by molar-refractivity contribution is -0.138. The molecule has 4 aromatic rings. The largest absolute Gasteiger partial charge is 0.508 e. The number of carbonyl (C=O) groups is 1. The molecule has 0 radical (unpaired) electrons. The second-order valence-corrected chi connectivity index (χ2v) is 6.67. The summed E-state index contributed by atoms with van der Waals surface area (Å²) in [4.78, 5) is 23.8. The highest BCUT2D eigenvalue weighted by Crippen LogP contribution is 2.22. The first-order valence-electron chi connectivity index (χ1n) is 9.24. The van der Waals surface area contributed by atoms with Gasteiger partial charge in [0.2, 0.25) is 0 Å². The van der Waals surface area contributed by atoms with Crippen molar-refractivity contribution in [3.8, 4) is 5.75 Å². The van der Waals surface area contributed by atoms with E-state index < -0.39 is 11.6 Å². The maximum atomic E-state index is 12.1. The van der Waals surface area contributed by atoms with Crippen LogP contribution in [0.1, 0.15) is 16.7 Å². The zero-order chi connectivity index (χ0) is 20.9. The van der Waals surface area contributed by atoms with Gasteiger partial charge < -0.3 is 14.3 Å². The van der Waals surface area contributed by atoms with E-state index in [0.717, 1.165) is 11.1 Å². The lowest BCUT2D eigenvalue weighted by Crippen LogP contribution is -2.05. The van der Waals surface area contributed by atoms with Gasteiger partial charge in [0, 0.05) is 40.9 Å². The van der Waals surface area contributed by atoms with Gasteiger partial charge in [-0.15, -0.1) is 0 Å². The Kier molecular flexibility index (Phi) is 5.43. The lowest BCUT2D eigenvalue weighted by atomic mass is 10.1. The first-order valence-corrected chi connectivity index (χ1v) is 9.24. The number of hydrogen-bond donors (Lipinski definition) is 1. The van der Waals surface area contributed by atoms with Crippen LogP contribution >= 0.6 is 0 Å². The molecule has 0 spiro atoms. The van der Waals surface area contributed by atoms with Crippen molar-refractivity contribution in [2.75, 3.05) is 0 Å². The molecule has 0 aliphatic carbocycles. The molecular formula is C23H18N2O5. The Morgan fingerprint density at radius 1 is 1.17 bits per heavy atom. The summed E-state index contributed by atoms with van der Waals surface area (Å²) < 4.78 is 12.1. The number of aromatic nitrogens is 2. The minimum Gasteiger partial charge on any atom is -0.508 e. The molecule has 4 rings (SSSR count). The van der Waals surface area contributed by atoms with Crippen molar-refractivity contribution in [3.05, 3.63) is 100 Å². The van der Waals surface area contributed by atoms with Crippen LogP contribution in [0.2, 0.25) is 0 Å². The Hall–Kier alpha value is -4.13. The number of carbonyl (C=O) groups excluding carboxylic acids is 1. The number of ether oxygens (including phenoxy) is 1. The Morgan fingerprint density at radius 3 is 2.83 bits per heavy atom. The fourth-order valence-electron chi connectivity index (χ4n) is 3.02. The van der Waals surface area contributed by atoms with Crippen LogP contribution in [0.15, 0.2) is 82.3 Å². The van der Waals surface area contributed by atoms with Gasteiger partial charge in [-0.25, -0.2) is 9.59 Å². The highest BCUT2D eigenvalue weighted by Gasteiger charge is 2.08. The van der Waals surface area contributed by atoms with E-state index in [1.165, 1.54) is 24.3 Å². The van der Waals surface area contributed by atoms with Crippen LogP contribution in [-0.4, -0.2) is 20.9 Å². The summed E-state index contributed by atoms with van der Waals surface area (Å²) in [5.41, 5.74) is 2.04. The van der Waals surface area contributed by atoms with E-state index in [9.17, 15) is 14.7 Å². The molecule has 0 saturated heterocycles. The van der Waals surface area contributed by atoms with Gasteiger partial charge in [0.1, 0.15) is 17.9 Å². The molecule has 0 saturated carbocycles.